The second kappa shape index (κ2) is 9.32. The van der Waals surface area contributed by atoms with Crippen molar-refractivity contribution in [1.29, 1.82) is 0 Å². The van der Waals surface area contributed by atoms with Crippen LogP contribution in [0.4, 0.5) is 9.52 Å². The Morgan fingerprint density at radius 1 is 1.07 bits per heavy atom. The third kappa shape index (κ3) is 5.65. The summed E-state index contributed by atoms with van der Waals surface area (Å²) in [6, 6.07) is 10.9. The van der Waals surface area contributed by atoms with Crippen molar-refractivity contribution in [3.8, 4) is 11.5 Å². The normalized spacial score (nSPS) is 10.7. The Morgan fingerprint density at radius 3 is 2.59 bits per heavy atom. The molecule has 0 bridgehead atoms. The highest BCUT2D eigenvalue weighted by Gasteiger charge is 2.09. The van der Waals surface area contributed by atoms with Crippen molar-refractivity contribution in [2.24, 2.45) is 0 Å². The number of carbonyl (C=O) groups is 1. The molecule has 0 saturated carbocycles. The van der Waals surface area contributed by atoms with Gasteiger partial charge in [0.1, 0.15) is 5.82 Å². The Kier molecular flexibility index (Phi) is 6.59. The fourth-order valence-electron chi connectivity index (χ4n) is 2.49. The van der Waals surface area contributed by atoms with Gasteiger partial charge in [0.25, 0.3) is 0 Å². The fraction of sp³-hybridized carbons (Fsp3) is 0.300. The quantitative estimate of drug-likeness (QED) is 0.289. The van der Waals surface area contributed by atoms with E-state index in [1.807, 2.05) is 0 Å². The predicted molar refractivity (Wildman–Crippen MR) is 105 cm³/mol. The van der Waals surface area contributed by atoms with E-state index in [1.165, 1.54) is 35.6 Å². The van der Waals surface area contributed by atoms with E-state index < -0.39 is 0 Å². The Labute approximate surface area is 161 Å². The first-order chi connectivity index (χ1) is 13.1. The number of amides is 1. The fourth-order valence-corrected chi connectivity index (χ4v) is 3.40. The molecule has 3 aromatic rings. The van der Waals surface area contributed by atoms with Crippen molar-refractivity contribution in [3.63, 3.8) is 0 Å². The van der Waals surface area contributed by atoms with E-state index in [4.69, 9.17) is 9.78 Å². The summed E-state index contributed by atoms with van der Waals surface area (Å²) in [6.07, 6.45) is 4.77. The van der Waals surface area contributed by atoms with E-state index in [9.17, 15) is 9.18 Å². The zero-order valence-electron chi connectivity index (χ0n) is 15.0. The van der Waals surface area contributed by atoms with Gasteiger partial charge in [-0.15, -0.1) is 0 Å². The number of aromatic nitrogens is 1. The van der Waals surface area contributed by atoms with Crippen molar-refractivity contribution in [3.05, 3.63) is 48.3 Å². The van der Waals surface area contributed by atoms with Gasteiger partial charge in [0.2, 0.25) is 5.91 Å². The largest absolute Gasteiger partial charge is 0.302 e. The number of thiazole rings is 1. The van der Waals surface area contributed by atoms with Gasteiger partial charge in [0.15, 0.2) is 16.6 Å². The molecule has 0 atom stereocenters. The van der Waals surface area contributed by atoms with Crippen molar-refractivity contribution < 1.29 is 19.0 Å². The van der Waals surface area contributed by atoms with Gasteiger partial charge in [-0.3, -0.25) is 14.6 Å². The number of hydrogen-bond donors (Lipinski definition) is 1. The topological polar surface area (TPSA) is 60.5 Å². The molecule has 5 nitrogen and oxygen atoms in total. The molecule has 0 aliphatic carbocycles. The molecular weight excluding hydrogens is 367 g/mol. The summed E-state index contributed by atoms with van der Waals surface area (Å²) >= 11 is 1.38. The standard InChI is InChI=1S/C20H21FN2O3S/c1-2-3-4-5-6-19(24)23-20-22-17-12-11-16(13-18(17)27-20)26-25-15-9-7-14(21)8-10-15/h7-13H,2-6H2,1H3,(H,22,23,24). The molecule has 0 radical (unpaired) electrons. The minimum absolute atomic E-state index is 0.0127. The lowest BCUT2D eigenvalue weighted by Crippen LogP contribution is -2.10. The van der Waals surface area contributed by atoms with Gasteiger partial charge in [-0.2, -0.15) is 0 Å². The molecule has 1 N–H and O–H groups in total. The second-order valence-electron chi connectivity index (χ2n) is 6.13. The van der Waals surface area contributed by atoms with E-state index in [-0.39, 0.29) is 11.7 Å². The number of nitrogens with one attached hydrogen (secondary N) is 1. The van der Waals surface area contributed by atoms with Crippen LogP contribution in [0, 0.1) is 5.82 Å². The summed E-state index contributed by atoms with van der Waals surface area (Å²) in [4.78, 5) is 26.9. The van der Waals surface area contributed by atoms with Crippen LogP contribution >= 0.6 is 11.3 Å². The number of fused-ring (bicyclic) bond motifs is 1. The molecule has 1 heterocycles. The maximum absolute atomic E-state index is 12.9. The van der Waals surface area contributed by atoms with Crippen LogP contribution in [0.3, 0.4) is 0 Å². The van der Waals surface area contributed by atoms with Crippen LogP contribution in [0.15, 0.2) is 42.5 Å². The number of benzene rings is 2. The maximum Gasteiger partial charge on any atom is 0.226 e. The molecule has 142 valence electrons. The number of unbranched alkanes of at least 4 members (excludes halogenated alkanes) is 3. The highest BCUT2D eigenvalue weighted by atomic mass is 32.1. The highest BCUT2D eigenvalue weighted by Crippen LogP contribution is 2.29. The van der Waals surface area contributed by atoms with Crippen LogP contribution < -0.4 is 15.1 Å². The van der Waals surface area contributed by atoms with E-state index in [1.54, 1.807) is 18.2 Å². The second-order valence-corrected chi connectivity index (χ2v) is 7.16. The van der Waals surface area contributed by atoms with Gasteiger partial charge in [-0.1, -0.05) is 37.5 Å². The molecule has 0 saturated heterocycles. The van der Waals surface area contributed by atoms with Crippen LogP contribution in [0.5, 0.6) is 11.5 Å². The molecule has 1 amide bonds. The van der Waals surface area contributed by atoms with Crippen molar-refractivity contribution in [1.82, 2.24) is 4.98 Å². The number of rotatable bonds is 9. The monoisotopic (exact) mass is 388 g/mol. The van der Waals surface area contributed by atoms with Gasteiger partial charge in [-0.05, 0) is 42.8 Å². The number of halogens is 1. The smallest absolute Gasteiger partial charge is 0.226 e. The van der Waals surface area contributed by atoms with E-state index in [0.29, 0.717) is 23.1 Å². The molecule has 2 aromatic carbocycles. The Balaban J connectivity index is 1.57. The summed E-state index contributed by atoms with van der Waals surface area (Å²) < 4.78 is 13.8. The van der Waals surface area contributed by atoms with Crippen molar-refractivity contribution in [2.75, 3.05) is 5.32 Å². The Hall–Kier alpha value is -2.67. The zero-order valence-corrected chi connectivity index (χ0v) is 15.9. The van der Waals surface area contributed by atoms with E-state index in [2.05, 4.69) is 17.2 Å². The van der Waals surface area contributed by atoms with Crippen LogP contribution in [0.2, 0.25) is 0 Å². The first kappa shape index (κ1) is 19.1. The van der Waals surface area contributed by atoms with Gasteiger partial charge < -0.3 is 5.32 Å². The van der Waals surface area contributed by atoms with Gasteiger partial charge in [0.05, 0.1) is 10.2 Å². The first-order valence-electron chi connectivity index (χ1n) is 8.94. The SMILES string of the molecule is CCCCCCC(=O)Nc1nc2ccc(OOc3ccc(F)cc3)cc2s1. The number of hydrogen-bond acceptors (Lipinski definition) is 5. The molecule has 0 aliphatic heterocycles. The third-order valence-corrected chi connectivity index (χ3v) is 4.85. The van der Waals surface area contributed by atoms with E-state index >= 15 is 0 Å². The van der Waals surface area contributed by atoms with Gasteiger partial charge in [-0.25, -0.2) is 9.37 Å². The van der Waals surface area contributed by atoms with E-state index in [0.717, 1.165) is 35.9 Å². The molecule has 3 rings (SSSR count). The van der Waals surface area contributed by atoms with Gasteiger partial charge in [0, 0.05) is 12.5 Å². The summed E-state index contributed by atoms with van der Waals surface area (Å²) in [6.45, 7) is 2.14. The lowest BCUT2D eigenvalue weighted by atomic mass is 10.1. The van der Waals surface area contributed by atoms with Crippen LogP contribution in [0.1, 0.15) is 39.0 Å². The Bertz CT molecular complexity index is 896. The molecule has 0 unspecified atom stereocenters. The highest BCUT2D eigenvalue weighted by molar-refractivity contribution is 7.22. The molecule has 0 spiro atoms. The summed E-state index contributed by atoms with van der Waals surface area (Å²) in [5, 5.41) is 3.42. The zero-order chi connectivity index (χ0) is 19.1. The molecule has 0 fully saturated rings. The van der Waals surface area contributed by atoms with Crippen molar-refractivity contribution >= 4 is 32.6 Å². The summed E-state index contributed by atoms with van der Waals surface area (Å²) in [5.74, 6) is 0.541. The first-order valence-corrected chi connectivity index (χ1v) is 9.76. The third-order valence-electron chi connectivity index (χ3n) is 3.91. The van der Waals surface area contributed by atoms with Crippen LogP contribution in [-0.4, -0.2) is 10.9 Å². The van der Waals surface area contributed by atoms with Crippen molar-refractivity contribution in [2.45, 2.75) is 39.0 Å². The molecule has 1 aromatic heterocycles. The minimum Gasteiger partial charge on any atom is -0.302 e. The predicted octanol–water partition coefficient (Wildman–Crippen LogP) is 5.72. The molecular formula is C20H21FN2O3S. The molecule has 27 heavy (non-hydrogen) atoms. The number of anilines is 1. The Morgan fingerprint density at radius 2 is 1.81 bits per heavy atom. The summed E-state index contributed by atoms with van der Waals surface area (Å²) in [7, 11) is 0. The lowest BCUT2D eigenvalue weighted by molar-refractivity contribution is -0.116. The number of nitrogens with zero attached hydrogens (tertiary/aromatic N) is 1. The molecule has 0 aliphatic rings. The summed E-state index contributed by atoms with van der Waals surface area (Å²) in [5.41, 5.74) is 0.774. The average Bonchev–Trinajstić information content (AvgIpc) is 3.06. The average molecular weight is 388 g/mol. The number of carbonyl (C=O) groups excluding carboxylic acids is 1. The van der Waals surface area contributed by atoms with Gasteiger partial charge >= 0.3 is 0 Å². The van der Waals surface area contributed by atoms with Crippen LogP contribution in [0.25, 0.3) is 10.2 Å². The lowest BCUT2D eigenvalue weighted by Gasteiger charge is -2.05. The maximum atomic E-state index is 12.9. The molecule has 7 heteroatoms. The van der Waals surface area contributed by atoms with Crippen LogP contribution in [-0.2, 0) is 4.79 Å². The minimum atomic E-state index is -0.339.